The number of nitrogens with two attached hydrogens (primary N) is 1. The van der Waals surface area contributed by atoms with Crippen molar-refractivity contribution in [2.45, 2.75) is 56.6 Å². The molecule has 1 aliphatic carbocycles. The second-order valence-electron chi connectivity index (χ2n) is 7.86. The molecule has 1 aromatic carbocycles. The lowest BCUT2D eigenvalue weighted by atomic mass is 9.78. The summed E-state index contributed by atoms with van der Waals surface area (Å²) >= 11 is 0. The lowest BCUT2D eigenvalue weighted by molar-refractivity contribution is -0.137. The highest BCUT2D eigenvalue weighted by atomic mass is 35.5. The Morgan fingerprint density at radius 1 is 1.15 bits per heavy atom. The van der Waals surface area contributed by atoms with Crippen LogP contribution in [0.2, 0.25) is 0 Å². The SMILES string of the molecule is Cl.NCC1(C(=O)NC2CC3(CCCC3)Oc3ccccc32)CCOCC1. The molecule has 2 aliphatic heterocycles. The van der Waals surface area contributed by atoms with Crippen molar-refractivity contribution >= 4 is 18.3 Å². The molecule has 0 radical (unpaired) electrons. The number of fused-ring (bicyclic) bond motifs is 1. The van der Waals surface area contributed by atoms with E-state index in [4.69, 9.17) is 15.2 Å². The van der Waals surface area contributed by atoms with Gasteiger partial charge in [0.15, 0.2) is 0 Å². The van der Waals surface area contributed by atoms with Gasteiger partial charge in [0, 0.05) is 31.7 Å². The Bertz CT molecular complexity index is 640. The van der Waals surface area contributed by atoms with E-state index in [1.807, 2.05) is 18.2 Å². The van der Waals surface area contributed by atoms with Gasteiger partial charge >= 0.3 is 0 Å². The number of halogens is 1. The average Bonchev–Trinajstić information content (AvgIpc) is 3.09. The summed E-state index contributed by atoms with van der Waals surface area (Å²) in [5.41, 5.74) is 6.50. The number of rotatable bonds is 3. The Kier molecular flexibility index (Phi) is 5.80. The van der Waals surface area contributed by atoms with Gasteiger partial charge in [-0.25, -0.2) is 0 Å². The van der Waals surface area contributed by atoms with Crippen LogP contribution in [0.5, 0.6) is 5.75 Å². The number of nitrogens with one attached hydrogen (secondary N) is 1. The third-order valence-electron chi connectivity index (χ3n) is 6.34. The van der Waals surface area contributed by atoms with Crippen LogP contribution in [0.1, 0.15) is 56.6 Å². The van der Waals surface area contributed by atoms with E-state index in [1.165, 1.54) is 12.8 Å². The predicted molar refractivity (Wildman–Crippen MR) is 103 cm³/mol. The number of ether oxygens (including phenoxy) is 2. The number of hydrogen-bond acceptors (Lipinski definition) is 4. The van der Waals surface area contributed by atoms with Crippen LogP contribution in [0.15, 0.2) is 24.3 Å². The summed E-state index contributed by atoms with van der Waals surface area (Å²) in [4.78, 5) is 13.1. The van der Waals surface area contributed by atoms with E-state index in [1.54, 1.807) is 0 Å². The Hall–Kier alpha value is -1.30. The van der Waals surface area contributed by atoms with Gasteiger partial charge in [0.25, 0.3) is 0 Å². The summed E-state index contributed by atoms with van der Waals surface area (Å²) in [6, 6.07) is 8.12. The van der Waals surface area contributed by atoms with E-state index in [0.29, 0.717) is 32.6 Å². The molecule has 1 aromatic rings. The van der Waals surface area contributed by atoms with Crippen LogP contribution in [-0.4, -0.2) is 31.3 Å². The number of carbonyl (C=O) groups is 1. The van der Waals surface area contributed by atoms with E-state index in [2.05, 4.69) is 11.4 Å². The highest BCUT2D eigenvalue weighted by Gasteiger charge is 2.45. The van der Waals surface area contributed by atoms with Crippen molar-refractivity contribution in [3.63, 3.8) is 0 Å². The van der Waals surface area contributed by atoms with Crippen molar-refractivity contribution in [1.82, 2.24) is 5.32 Å². The van der Waals surface area contributed by atoms with Gasteiger partial charge in [-0.15, -0.1) is 12.4 Å². The smallest absolute Gasteiger partial charge is 0.228 e. The lowest BCUT2D eigenvalue weighted by Crippen LogP contribution is -2.52. The second kappa shape index (κ2) is 7.75. The van der Waals surface area contributed by atoms with Crippen LogP contribution >= 0.6 is 12.4 Å². The van der Waals surface area contributed by atoms with Crippen LogP contribution in [0.3, 0.4) is 0 Å². The molecule has 144 valence electrons. The van der Waals surface area contributed by atoms with E-state index < -0.39 is 5.41 Å². The van der Waals surface area contributed by atoms with Gasteiger partial charge in [0.2, 0.25) is 5.91 Å². The fourth-order valence-corrected chi connectivity index (χ4v) is 4.67. The van der Waals surface area contributed by atoms with Gasteiger partial charge in [-0.1, -0.05) is 18.2 Å². The van der Waals surface area contributed by atoms with Crippen molar-refractivity contribution in [3.8, 4) is 5.75 Å². The Morgan fingerprint density at radius 3 is 2.54 bits per heavy atom. The molecule has 1 amide bonds. The number of para-hydroxylation sites is 1. The van der Waals surface area contributed by atoms with E-state index in [0.717, 1.165) is 30.6 Å². The molecular formula is C20H29ClN2O3. The predicted octanol–water partition coefficient (Wildman–Crippen LogP) is 3.12. The Labute approximate surface area is 161 Å². The zero-order valence-electron chi connectivity index (χ0n) is 15.2. The van der Waals surface area contributed by atoms with Crippen LogP contribution in [0.4, 0.5) is 0 Å². The fraction of sp³-hybridized carbons (Fsp3) is 0.650. The highest BCUT2D eigenvalue weighted by molar-refractivity contribution is 5.85. The quantitative estimate of drug-likeness (QED) is 0.844. The third kappa shape index (κ3) is 3.45. The van der Waals surface area contributed by atoms with Gasteiger partial charge in [0.1, 0.15) is 11.4 Å². The minimum absolute atomic E-state index is 0. The first-order valence-electron chi connectivity index (χ1n) is 9.53. The number of benzene rings is 1. The summed E-state index contributed by atoms with van der Waals surface area (Å²) in [7, 11) is 0. The molecule has 0 bridgehead atoms. The van der Waals surface area contributed by atoms with E-state index in [9.17, 15) is 4.79 Å². The lowest BCUT2D eigenvalue weighted by Gasteiger charge is -2.42. The molecule has 2 fully saturated rings. The first-order valence-corrected chi connectivity index (χ1v) is 9.53. The molecule has 1 unspecified atom stereocenters. The van der Waals surface area contributed by atoms with Crippen LogP contribution in [0, 0.1) is 5.41 Å². The molecule has 1 saturated carbocycles. The molecule has 1 saturated heterocycles. The molecule has 1 spiro atoms. The summed E-state index contributed by atoms with van der Waals surface area (Å²) in [5, 5.41) is 3.33. The molecule has 1 atom stereocenters. The third-order valence-corrected chi connectivity index (χ3v) is 6.34. The Morgan fingerprint density at radius 2 is 1.85 bits per heavy atom. The molecule has 3 aliphatic rings. The van der Waals surface area contributed by atoms with Crippen molar-refractivity contribution in [3.05, 3.63) is 29.8 Å². The van der Waals surface area contributed by atoms with Crippen LogP contribution in [0.25, 0.3) is 0 Å². The minimum atomic E-state index is -0.492. The summed E-state index contributed by atoms with van der Waals surface area (Å²) < 4.78 is 11.8. The monoisotopic (exact) mass is 380 g/mol. The molecule has 3 N–H and O–H groups in total. The highest BCUT2D eigenvalue weighted by Crippen LogP contribution is 2.47. The van der Waals surface area contributed by atoms with Crippen molar-refractivity contribution in [2.75, 3.05) is 19.8 Å². The maximum atomic E-state index is 13.1. The molecule has 6 heteroatoms. The number of amides is 1. The first-order chi connectivity index (χ1) is 12.2. The molecule has 26 heavy (non-hydrogen) atoms. The minimum Gasteiger partial charge on any atom is -0.487 e. The maximum absolute atomic E-state index is 13.1. The van der Waals surface area contributed by atoms with Gasteiger partial charge < -0.3 is 20.5 Å². The van der Waals surface area contributed by atoms with Crippen molar-refractivity contribution in [1.29, 1.82) is 0 Å². The summed E-state index contributed by atoms with van der Waals surface area (Å²) in [6.07, 6.45) is 6.80. The van der Waals surface area contributed by atoms with E-state index >= 15 is 0 Å². The number of carbonyl (C=O) groups excluding carboxylic acids is 1. The van der Waals surface area contributed by atoms with Gasteiger partial charge in [-0.2, -0.15) is 0 Å². The molecule has 5 nitrogen and oxygen atoms in total. The molecule has 2 heterocycles. The normalized spacial score (nSPS) is 25.7. The topological polar surface area (TPSA) is 73.6 Å². The number of hydrogen-bond donors (Lipinski definition) is 2. The molecule has 0 aromatic heterocycles. The largest absolute Gasteiger partial charge is 0.487 e. The molecule has 4 rings (SSSR count). The summed E-state index contributed by atoms with van der Waals surface area (Å²) in [5.74, 6) is 1.00. The van der Waals surface area contributed by atoms with E-state index in [-0.39, 0.29) is 30.0 Å². The Balaban J connectivity index is 0.00000196. The fourth-order valence-electron chi connectivity index (χ4n) is 4.67. The van der Waals surface area contributed by atoms with Gasteiger partial charge in [-0.3, -0.25) is 4.79 Å². The average molecular weight is 381 g/mol. The van der Waals surface area contributed by atoms with Gasteiger partial charge in [-0.05, 0) is 44.6 Å². The van der Waals surface area contributed by atoms with Crippen molar-refractivity contribution < 1.29 is 14.3 Å². The summed E-state index contributed by atoms with van der Waals surface area (Å²) in [6.45, 7) is 1.59. The zero-order valence-corrected chi connectivity index (χ0v) is 16.0. The first kappa shape index (κ1) is 19.5. The van der Waals surface area contributed by atoms with Gasteiger partial charge in [0.05, 0.1) is 11.5 Å². The van der Waals surface area contributed by atoms with Crippen LogP contribution < -0.4 is 15.8 Å². The standard InChI is InChI=1S/C20H28N2O3.ClH/c21-14-19(9-11-24-12-10-19)18(23)22-16-13-20(7-3-4-8-20)25-17-6-2-1-5-15(16)17;/h1-2,5-6,16H,3-4,7-14,21H2,(H,22,23);1H. The second-order valence-corrected chi connectivity index (χ2v) is 7.86. The molecular weight excluding hydrogens is 352 g/mol. The van der Waals surface area contributed by atoms with Crippen molar-refractivity contribution in [2.24, 2.45) is 11.1 Å². The maximum Gasteiger partial charge on any atom is 0.228 e. The zero-order chi connectivity index (χ0) is 17.3. The van der Waals surface area contributed by atoms with Crippen LogP contribution in [-0.2, 0) is 9.53 Å².